The maximum atomic E-state index is 12.5. The van der Waals surface area contributed by atoms with Gasteiger partial charge in [0, 0.05) is 32.7 Å². The smallest absolute Gasteiger partial charge is 0.253 e. The van der Waals surface area contributed by atoms with Crippen molar-refractivity contribution in [1.29, 1.82) is 0 Å². The first-order chi connectivity index (χ1) is 13.0. The summed E-state index contributed by atoms with van der Waals surface area (Å²) in [6.07, 6.45) is 3.59. The second-order valence-electron chi connectivity index (χ2n) is 7.59. The highest BCUT2D eigenvalue weighted by Crippen LogP contribution is 2.22. The normalized spacial score (nSPS) is 14.8. The van der Waals surface area contributed by atoms with E-state index in [-0.39, 0.29) is 11.8 Å². The fourth-order valence-corrected chi connectivity index (χ4v) is 3.64. The van der Waals surface area contributed by atoms with Crippen molar-refractivity contribution in [3.05, 3.63) is 71.3 Å². The predicted octanol–water partition coefficient (Wildman–Crippen LogP) is 3.41. The number of nitrogens with zero attached hydrogens (tertiary/aromatic N) is 2. The number of hydrogen-bond donors (Lipinski definition) is 0. The molecule has 0 aromatic heterocycles. The van der Waals surface area contributed by atoms with Gasteiger partial charge >= 0.3 is 0 Å². The molecule has 1 heterocycles. The van der Waals surface area contributed by atoms with E-state index in [1.165, 1.54) is 5.56 Å². The number of likely N-dealkylation sites (tertiary alicyclic amines) is 1. The maximum absolute atomic E-state index is 12.5. The Balaban J connectivity index is 1.48. The molecule has 0 bridgehead atoms. The van der Waals surface area contributed by atoms with E-state index in [4.69, 9.17) is 0 Å². The van der Waals surface area contributed by atoms with Crippen molar-refractivity contribution < 1.29 is 9.59 Å². The summed E-state index contributed by atoms with van der Waals surface area (Å²) in [5.41, 5.74) is 3.07. The molecule has 0 saturated carbocycles. The van der Waals surface area contributed by atoms with Crippen LogP contribution in [0.5, 0.6) is 0 Å². The zero-order valence-corrected chi connectivity index (χ0v) is 16.2. The second-order valence-corrected chi connectivity index (χ2v) is 7.59. The van der Waals surface area contributed by atoms with E-state index in [0.717, 1.165) is 43.5 Å². The molecule has 0 spiro atoms. The van der Waals surface area contributed by atoms with E-state index in [0.29, 0.717) is 12.3 Å². The highest BCUT2D eigenvalue weighted by molar-refractivity contribution is 5.93. The number of carbonyl (C=O) groups excluding carboxylic acids is 2. The van der Waals surface area contributed by atoms with Crippen molar-refractivity contribution >= 4 is 11.8 Å². The van der Waals surface area contributed by atoms with Crippen LogP contribution in [-0.2, 0) is 17.6 Å². The third-order valence-electron chi connectivity index (χ3n) is 5.30. The third-order valence-corrected chi connectivity index (χ3v) is 5.30. The lowest BCUT2D eigenvalue weighted by atomic mass is 9.89. The van der Waals surface area contributed by atoms with Crippen LogP contribution in [0.15, 0.2) is 54.6 Å². The van der Waals surface area contributed by atoms with E-state index in [1.54, 1.807) is 19.0 Å². The van der Waals surface area contributed by atoms with Gasteiger partial charge in [0.2, 0.25) is 5.91 Å². The largest absolute Gasteiger partial charge is 0.345 e. The molecule has 1 aliphatic heterocycles. The first-order valence-electron chi connectivity index (χ1n) is 9.65. The Labute approximate surface area is 161 Å². The molecule has 3 rings (SSSR count). The molecule has 2 amide bonds. The summed E-state index contributed by atoms with van der Waals surface area (Å²) in [6.45, 7) is 1.68. The van der Waals surface area contributed by atoms with Crippen molar-refractivity contribution in [1.82, 2.24) is 9.80 Å². The Morgan fingerprint density at radius 3 is 2.15 bits per heavy atom. The van der Waals surface area contributed by atoms with Gasteiger partial charge < -0.3 is 9.80 Å². The molecule has 0 unspecified atom stereocenters. The molecular weight excluding hydrogens is 336 g/mol. The minimum atomic E-state index is 0.0341. The third kappa shape index (κ3) is 5.19. The van der Waals surface area contributed by atoms with Gasteiger partial charge in [0.05, 0.1) is 6.42 Å². The number of rotatable bonds is 5. The first-order valence-corrected chi connectivity index (χ1v) is 9.65. The number of benzene rings is 2. The number of hydrogen-bond acceptors (Lipinski definition) is 2. The minimum absolute atomic E-state index is 0.0341. The topological polar surface area (TPSA) is 40.6 Å². The van der Waals surface area contributed by atoms with E-state index in [9.17, 15) is 9.59 Å². The van der Waals surface area contributed by atoms with Crippen LogP contribution in [0.2, 0.25) is 0 Å². The van der Waals surface area contributed by atoms with Crippen LogP contribution in [0, 0.1) is 5.92 Å². The van der Waals surface area contributed by atoms with E-state index in [1.807, 2.05) is 47.4 Å². The van der Waals surface area contributed by atoms with Crippen LogP contribution in [-0.4, -0.2) is 48.8 Å². The van der Waals surface area contributed by atoms with Gasteiger partial charge in [-0.05, 0) is 48.4 Å². The fourth-order valence-electron chi connectivity index (χ4n) is 3.64. The second kappa shape index (κ2) is 8.85. The van der Waals surface area contributed by atoms with Crippen molar-refractivity contribution in [2.45, 2.75) is 25.7 Å². The molecule has 0 radical (unpaired) electrons. The summed E-state index contributed by atoms with van der Waals surface area (Å²) in [7, 11) is 3.53. The average molecular weight is 364 g/mol. The lowest BCUT2D eigenvalue weighted by molar-refractivity contribution is -0.131. The minimum Gasteiger partial charge on any atom is -0.345 e. The lowest BCUT2D eigenvalue weighted by Crippen LogP contribution is -2.39. The SMILES string of the molecule is CN(C)C(=O)c1ccc(CC2CCN(C(=O)Cc3ccccc3)CC2)cc1. The van der Waals surface area contributed by atoms with Crippen LogP contribution in [0.25, 0.3) is 0 Å². The van der Waals surface area contributed by atoms with Crippen molar-refractivity contribution in [2.75, 3.05) is 27.2 Å². The Bertz CT molecular complexity index is 761. The molecule has 1 saturated heterocycles. The maximum Gasteiger partial charge on any atom is 0.253 e. The van der Waals surface area contributed by atoms with Crippen LogP contribution in [0.1, 0.15) is 34.3 Å². The molecule has 1 fully saturated rings. The highest BCUT2D eigenvalue weighted by Gasteiger charge is 2.23. The molecule has 0 aliphatic carbocycles. The van der Waals surface area contributed by atoms with Crippen LogP contribution in [0.4, 0.5) is 0 Å². The van der Waals surface area contributed by atoms with Gasteiger partial charge in [-0.2, -0.15) is 0 Å². The summed E-state index contributed by atoms with van der Waals surface area (Å²) in [5, 5.41) is 0. The van der Waals surface area contributed by atoms with Gasteiger partial charge in [-0.25, -0.2) is 0 Å². The quantitative estimate of drug-likeness (QED) is 0.816. The molecule has 4 nitrogen and oxygen atoms in total. The summed E-state index contributed by atoms with van der Waals surface area (Å²) in [4.78, 5) is 28.0. The van der Waals surface area contributed by atoms with Gasteiger partial charge in [-0.1, -0.05) is 42.5 Å². The Morgan fingerprint density at radius 2 is 1.56 bits per heavy atom. The molecule has 2 aromatic carbocycles. The average Bonchev–Trinajstić information content (AvgIpc) is 2.69. The predicted molar refractivity (Wildman–Crippen MR) is 108 cm³/mol. The zero-order valence-electron chi connectivity index (χ0n) is 16.2. The monoisotopic (exact) mass is 364 g/mol. The van der Waals surface area contributed by atoms with Crippen LogP contribution in [0.3, 0.4) is 0 Å². The molecule has 142 valence electrons. The molecule has 0 atom stereocenters. The van der Waals surface area contributed by atoms with Crippen LogP contribution >= 0.6 is 0 Å². The molecule has 4 heteroatoms. The zero-order chi connectivity index (χ0) is 19.2. The molecular formula is C23H28N2O2. The summed E-state index contributed by atoms with van der Waals surface area (Å²) < 4.78 is 0. The summed E-state index contributed by atoms with van der Waals surface area (Å²) in [6, 6.07) is 17.9. The van der Waals surface area contributed by atoms with E-state index >= 15 is 0 Å². The molecule has 2 aromatic rings. The highest BCUT2D eigenvalue weighted by atomic mass is 16.2. The Morgan fingerprint density at radius 1 is 0.926 bits per heavy atom. The fraction of sp³-hybridized carbons (Fsp3) is 0.391. The van der Waals surface area contributed by atoms with E-state index in [2.05, 4.69) is 12.1 Å². The van der Waals surface area contributed by atoms with Gasteiger partial charge in [0.15, 0.2) is 0 Å². The van der Waals surface area contributed by atoms with E-state index < -0.39 is 0 Å². The lowest BCUT2D eigenvalue weighted by Gasteiger charge is -2.32. The number of amides is 2. The van der Waals surface area contributed by atoms with Gasteiger partial charge in [0.1, 0.15) is 0 Å². The standard InChI is InChI=1S/C23H28N2O2/c1-24(2)23(27)21-10-8-19(9-11-21)16-20-12-14-25(15-13-20)22(26)17-18-6-4-3-5-7-18/h3-11,20H,12-17H2,1-2H3. The van der Waals surface area contributed by atoms with Gasteiger partial charge in [-0.15, -0.1) is 0 Å². The Kier molecular flexibility index (Phi) is 6.28. The number of piperidine rings is 1. The number of carbonyl (C=O) groups is 2. The Hall–Kier alpha value is -2.62. The summed E-state index contributed by atoms with van der Waals surface area (Å²) >= 11 is 0. The summed E-state index contributed by atoms with van der Waals surface area (Å²) in [5.74, 6) is 0.860. The van der Waals surface area contributed by atoms with Crippen molar-refractivity contribution in [3.63, 3.8) is 0 Å². The van der Waals surface area contributed by atoms with Crippen molar-refractivity contribution in [3.8, 4) is 0 Å². The molecule has 1 aliphatic rings. The van der Waals surface area contributed by atoms with Crippen LogP contribution < -0.4 is 0 Å². The first kappa shape index (κ1) is 19.2. The van der Waals surface area contributed by atoms with Gasteiger partial charge in [0.25, 0.3) is 5.91 Å². The molecule has 27 heavy (non-hydrogen) atoms. The molecule has 0 N–H and O–H groups in total. The van der Waals surface area contributed by atoms with Gasteiger partial charge in [-0.3, -0.25) is 9.59 Å². The van der Waals surface area contributed by atoms with Crippen molar-refractivity contribution in [2.24, 2.45) is 5.92 Å².